The normalized spacial score (nSPS) is 21.9. The van der Waals surface area contributed by atoms with Gasteiger partial charge >= 0.3 is 6.09 Å². The topological polar surface area (TPSA) is 121 Å². The Morgan fingerprint density at radius 3 is 2.70 bits per heavy atom. The highest BCUT2D eigenvalue weighted by Crippen LogP contribution is 2.42. The van der Waals surface area contributed by atoms with Crippen LogP contribution in [-0.2, 0) is 9.47 Å². The summed E-state index contributed by atoms with van der Waals surface area (Å²) in [6.45, 7) is 13.8. The fraction of sp³-hybridized carbons (Fsp3) is 0.606. The number of carbonyl (C=O) groups excluding carboxylic acids is 1. The first-order valence-corrected chi connectivity index (χ1v) is 15.9. The number of nitriles is 1. The Morgan fingerprint density at radius 1 is 1.20 bits per heavy atom. The number of hydrogen-bond donors (Lipinski definition) is 1. The molecule has 6 rings (SSSR count). The van der Waals surface area contributed by atoms with Gasteiger partial charge in [-0.3, -0.25) is 0 Å². The molecular weight excluding hydrogens is 556 g/mol. The molecule has 0 bridgehead atoms. The van der Waals surface area contributed by atoms with Gasteiger partial charge in [0.1, 0.15) is 11.4 Å². The number of nitrogens with zero attached hydrogens (tertiary/aromatic N) is 7. The molecule has 2 fully saturated rings. The Morgan fingerprint density at radius 2 is 2.00 bits per heavy atom. The Labute approximate surface area is 259 Å². The monoisotopic (exact) mass is 600 g/mol. The van der Waals surface area contributed by atoms with Crippen LogP contribution >= 0.6 is 0 Å². The van der Waals surface area contributed by atoms with Gasteiger partial charge in [-0.05, 0) is 94.4 Å². The molecule has 1 N–H and O–H groups in total. The minimum absolute atomic E-state index is 0.0278. The molecule has 0 spiro atoms. The van der Waals surface area contributed by atoms with Gasteiger partial charge < -0.3 is 24.6 Å². The van der Waals surface area contributed by atoms with Crippen molar-refractivity contribution in [1.29, 1.82) is 5.26 Å². The van der Waals surface area contributed by atoms with Gasteiger partial charge in [0.25, 0.3) is 0 Å². The van der Waals surface area contributed by atoms with Crippen LogP contribution in [0.3, 0.4) is 0 Å². The second kappa shape index (κ2) is 11.9. The van der Waals surface area contributed by atoms with Crippen LogP contribution in [0.1, 0.15) is 96.4 Å². The molecule has 2 atom stereocenters. The van der Waals surface area contributed by atoms with Crippen LogP contribution in [0.15, 0.2) is 24.4 Å². The van der Waals surface area contributed by atoms with Gasteiger partial charge in [0, 0.05) is 38.5 Å². The van der Waals surface area contributed by atoms with Crippen LogP contribution < -0.4 is 15.1 Å². The van der Waals surface area contributed by atoms with Crippen LogP contribution in [-0.4, -0.2) is 64.2 Å². The van der Waals surface area contributed by atoms with E-state index in [1.165, 1.54) is 0 Å². The molecule has 44 heavy (non-hydrogen) atoms. The molecule has 1 aromatic carbocycles. The van der Waals surface area contributed by atoms with E-state index in [1.54, 1.807) is 0 Å². The lowest BCUT2D eigenvalue weighted by Gasteiger charge is -2.40. The zero-order valence-electron chi connectivity index (χ0n) is 26.6. The van der Waals surface area contributed by atoms with E-state index in [9.17, 15) is 10.1 Å². The summed E-state index contributed by atoms with van der Waals surface area (Å²) in [5.41, 5.74) is 3.85. The van der Waals surface area contributed by atoms with E-state index < -0.39 is 5.60 Å². The van der Waals surface area contributed by atoms with Crippen LogP contribution in [0, 0.1) is 16.7 Å². The zero-order valence-corrected chi connectivity index (χ0v) is 26.6. The van der Waals surface area contributed by atoms with Gasteiger partial charge in [0.15, 0.2) is 23.2 Å². The molecule has 0 radical (unpaired) electrons. The van der Waals surface area contributed by atoms with Crippen molar-refractivity contribution >= 4 is 34.6 Å². The summed E-state index contributed by atoms with van der Waals surface area (Å²) in [6, 6.07) is 8.21. The van der Waals surface area contributed by atoms with Crippen molar-refractivity contribution in [2.45, 2.75) is 90.9 Å². The summed E-state index contributed by atoms with van der Waals surface area (Å²) in [6.07, 6.45) is 7.10. The van der Waals surface area contributed by atoms with Crippen molar-refractivity contribution < 1.29 is 14.3 Å². The number of alkyl carbamates (subject to hydrolysis) is 1. The molecule has 11 heteroatoms. The molecule has 1 unspecified atom stereocenters. The van der Waals surface area contributed by atoms with E-state index in [1.807, 2.05) is 49.8 Å². The second-order valence-electron chi connectivity index (χ2n) is 13.9. The van der Waals surface area contributed by atoms with Crippen molar-refractivity contribution in [2.75, 3.05) is 42.6 Å². The Hall–Kier alpha value is -3.91. The molecule has 0 saturated carbocycles. The number of ether oxygens (including phenoxy) is 2. The third kappa shape index (κ3) is 6.18. The number of rotatable bonds is 5. The first-order chi connectivity index (χ1) is 21.0. The molecule has 5 heterocycles. The number of nitrogens with one attached hydrogen (secondary N) is 1. The minimum atomic E-state index is -0.516. The quantitative estimate of drug-likeness (QED) is 0.366. The number of amides is 1. The van der Waals surface area contributed by atoms with E-state index in [4.69, 9.17) is 24.5 Å². The number of benzene rings is 1. The molecule has 3 aliphatic heterocycles. The van der Waals surface area contributed by atoms with Gasteiger partial charge in [0.2, 0.25) is 0 Å². The molecule has 0 aliphatic carbocycles. The number of carbonyl (C=O) groups is 1. The van der Waals surface area contributed by atoms with Crippen molar-refractivity contribution in [2.24, 2.45) is 5.41 Å². The average Bonchev–Trinajstić information content (AvgIpc) is 3.39. The first-order valence-electron chi connectivity index (χ1n) is 15.9. The number of piperidine rings is 1. The number of fused-ring (bicyclic) bond motifs is 2. The van der Waals surface area contributed by atoms with Crippen molar-refractivity contribution in [1.82, 2.24) is 25.1 Å². The van der Waals surface area contributed by atoms with E-state index >= 15 is 0 Å². The predicted octanol–water partition coefficient (Wildman–Crippen LogP) is 6.17. The highest BCUT2D eigenvalue weighted by Gasteiger charge is 2.34. The lowest BCUT2D eigenvalue weighted by Crippen LogP contribution is -2.46. The number of anilines is 3. The zero-order chi connectivity index (χ0) is 31.1. The maximum absolute atomic E-state index is 12.2. The maximum Gasteiger partial charge on any atom is 0.407 e. The fourth-order valence-electron chi connectivity index (χ4n) is 6.47. The van der Waals surface area contributed by atoms with Crippen LogP contribution in [0.5, 0.6) is 0 Å². The highest BCUT2D eigenvalue weighted by molar-refractivity contribution is 5.88. The van der Waals surface area contributed by atoms with E-state index in [-0.39, 0.29) is 17.7 Å². The molecule has 2 aromatic heterocycles. The Balaban J connectivity index is 1.27. The molecular formula is C33H44N8O3. The molecule has 234 valence electrons. The van der Waals surface area contributed by atoms with E-state index in [0.29, 0.717) is 24.6 Å². The summed E-state index contributed by atoms with van der Waals surface area (Å²) < 4.78 is 13.6. The van der Waals surface area contributed by atoms with Gasteiger partial charge in [-0.1, -0.05) is 13.8 Å². The van der Waals surface area contributed by atoms with Crippen molar-refractivity contribution in [3.63, 3.8) is 0 Å². The van der Waals surface area contributed by atoms with E-state index in [2.05, 4.69) is 35.0 Å². The third-order valence-corrected chi connectivity index (χ3v) is 9.17. The van der Waals surface area contributed by atoms with Crippen molar-refractivity contribution in [3.8, 4) is 6.07 Å². The first kappa shape index (κ1) is 30.1. The van der Waals surface area contributed by atoms with Gasteiger partial charge in [-0.15, -0.1) is 5.10 Å². The summed E-state index contributed by atoms with van der Waals surface area (Å²) >= 11 is 0. The molecule has 2 saturated heterocycles. The molecule has 11 nitrogen and oxygen atoms in total. The summed E-state index contributed by atoms with van der Waals surface area (Å²) in [5.74, 6) is 1.96. The average molecular weight is 601 g/mol. The van der Waals surface area contributed by atoms with Gasteiger partial charge in [-0.2, -0.15) is 5.26 Å². The molecule has 3 aliphatic rings. The van der Waals surface area contributed by atoms with Gasteiger partial charge in [-0.25, -0.2) is 19.4 Å². The summed E-state index contributed by atoms with van der Waals surface area (Å²) in [4.78, 5) is 26.9. The van der Waals surface area contributed by atoms with Crippen molar-refractivity contribution in [3.05, 3.63) is 35.5 Å². The Bertz CT molecular complexity index is 1560. The Kier molecular flexibility index (Phi) is 8.14. The standard InChI is InChI=1S/C33H44N8O3/c1-22-11-14-40(25-10-9-23(19-34)18-24(22)25)30-28-29(41(38-30)27-8-6-7-17-43-27)37-26(20-35-28)39-15-12-33(5,13-16-39)21-36-31(42)44-32(2,3)4/h9-10,18,20,22,27H,6-8,11-17,21H2,1-5H3,(H,36,42)/t22-,27?/m0/s1. The van der Waals surface area contributed by atoms with E-state index in [0.717, 1.165) is 92.2 Å². The second-order valence-corrected chi connectivity index (χ2v) is 13.9. The van der Waals surface area contributed by atoms with Crippen LogP contribution in [0.4, 0.5) is 22.1 Å². The smallest absolute Gasteiger partial charge is 0.407 e. The lowest BCUT2D eigenvalue weighted by atomic mass is 9.80. The predicted molar refractivity (Wildman–Crippen MR) is 169 cm³/mol. The summed E-state index contributed by atoms with van der Waals surface area (Å²) in [7, 11) is 0. The fourth-order valence-corrected chi connectivity index (χ4v) is 6.47. The molecule has 1 amide bonds. The summed E-state index contributed by atoms with van der Waals surface area (Å²) in [5, 5.41) is 17.6. The molecule has 3 aromatic rings. The minimum Gasteiger partial charge on any atom is -0.444 e. The van der Waals surface area contributed by atoms with Gasteiger partial charge in [0.05, 0.1) is 17.8 Å². The largest absolute Gasteiger partial charge is 0.444 e. The number of hydrogen-bond acceptors (Lipinski definition) is 9. The third-order valence-electron chi connectivity index (χ3n) is 9.17. The highest BCUT2D eigenvalue weighted by atomic mass is 16.6. The van der Waals surface area contributed by atoms with Crippen LogP contribution in [0.2, 0.25) is 0 Å². The SMILES string of the molecule is C[C@H]1CCN(c2nn(C3CCCCO3)c3nc(N4CCC(C)(CNC(=O)OC(C)(C)C)CC4)cnc23)c2ccc(C#N)cc21. The lowest BCUT2D eigenvalue weighted by molar-refractivity contribution is -0.0368. The van der Waals surface area contributed by atoms with Crippen LogP contribution in [0.25, 0.3) is 11.2 Å². The maximum atomic E-state index is 12.2. The number of aromatic nitrogens is 4.